The van der Waals surface area contributed by atoms with Gasteiger partial charge in [0.15, 0.2) is 0 Å². The number of para-hydroxylation sites is 1. The Morgan fingerprint density at radius 1 is 1.00 bits per heavy atom. The number of aliphatic carboxylic acids is 1. The molecule has 0 amide bonds. The Kier molecular flexibility index (Phi) is 6.40. The summed E-state index contributed by atoms with van der Waals surface area (Å²) < 4.78 is 6.23. The Morgan fingerprint density at radius 3 is 2.40 bits per heavy atom. The number of likely N-dealkylation sites (tertiary alicyclic amines) is 1. The van der Waals surface area contributed by atoms with Crippen molar-refractivity contribution < 1.29 is 14.6 Å². The molecular formula is C25H26N2O3. The predicted octanol–water partition coefficient (Wildman–Crippen LogP) is 4.55. The van der Waals surface area contributed by atoms with Crippen molar-refractivity contribution in [1.82, 2.24) is 9.88 Å². The van der Waals surface area contributed by atoms with Crippen LogP contribution in [0.5, 0.6) is 5.75 Å². The summed E-state index contributed by atoms with van der Waals surface area (Å²) in [6.45, 7) is 1.92. The zero-order chi connectivity index (χ0) is 20.8. The second kappa shape index (κ2) is 9.55. The summed E-state index contributed by atoms with van der Waals surface area (Å²) in [5.41, 5.74) is 3.12. The van der Waals surface area contributed by atoms with Gasteiger partial charge in [0.05, 0.1) is 17.7 Å². The fourth-order valence-corrected chi connectivity index (χ4v) is 4.06. The summed E-state index contributed by atoms with van der Waals surface area (Å²) >= 11 is 0. The van der Waals surface area contributed by atoms with E-state index in [-0.39, 0.29) is 12.0 Å². The summed E-state index contributed by atoms with van der Waals surface area (Å²) in [5.74, 6) is -0.136. The molecule has 3 aromatic rings. The van der Waals surface area contributed by atoms with Crippen LogP contribution in [-0.2, 0) is 11.4 Å². The SMILES string of the molecule is O=C(O)C1CCN(C(c2ccccn2)c2ccccc2OCc2ccccc2)CC1. The highest BCUT2D eigenvalue weighted by Gasteiger charge is 2.32. The number of aromatic nitrogens is 1. The van der Waals surface area contributed by atoms with E-state index < -0.39 is 5.97 Å². The second-order valence-electron chi connectivity index (χ2n) is 7.62. The quantitative estimate of drug-likeness (QED) is 0.628. The molecule has 1 fully saturated rings. The fourth-order valence-electron chi connectivity index (χ4n) is 4.06. The first-order valence-electron chi connectivity index (χ1n) is 10.4. The fraction of sp³-hybridized carbons (Fsp3) is 0.280. The molecule has 1 saturated heterocycles. The van der Waals surface area contributed by atoms with Gasteiger partial charge in [-0.1, -0.05) is 54.6 Å². The Labute approximate surface area is 177 Å². The molecule has 1 N–H and O–H groups in total. The number of hydrogen-bond acceptors (Lipinski definition) is 4. The maximum atomic E-state index is 11.4. The minimum absolute atomic E-state index is 0.0760. The van der Waals surface area contributed by atoms with Gasteiger partial charge in [-0.2, -0.15) is 0 Å². The van der Waals surface area contributed by atoms with Gasteiger partial charge in [-0.05, 0) is 49.7 Å². The Balaban J connectivity index is 1.62. The van der Waals surface area contributed by atoms with Gasteiger partial charge in [0.2, 0.25) is 0 Å². The van der Waals surface area contributed by atoms with E-state index >= 15 is 0 Å². The van der Waals surface area contributed by atoms with Crippen molar-refractivity contribution in [3.8, 4) is 5.75 Å². The highest BCUT2D eigenvalue weighted by molar-refractivity contribution is 5.70. The molecule has 1 aromatic heterocycles. The monoisotopic (exact) mass is 402 g/mol. The molecule has 1 unspecified atom stereocenters. The van der Waals surface area contributed by atoms with Crippen LogP contribution in [0.3, 0.4) is 0 Å². The molecule has 5 heteroatoms. The number of piperidine rings is 1. The maximum Gasteiger partial charge on any atom is 0.306 e. The highest BCUT2D eigenvalue weighted by atomic mass is 16.5. The number of carboxylic acid groups (broad SMARTS) is 1. The lowest BCUT2D eigenvalue weighted by atomic mass is 9.92. The Bertz CT molecular complexity index is 954. The summed E-state index contributed by atoms with van der Waals surface area (Å²) in [4.78, 5) is 18.4. The second-order valence-corrected chi connectivity index (χ2v) is 7.62. The molecule has 154 valence electrons. The first-order chi connectivity index (χ1) is 14.7. The first-order valence-corrected chi connectivity index (χ1v) is 10.4. The van der Waals surface area contributed by atoms with Gasteiger partial charge in [0.1, 0.15) is 12.4 Å². The minimum atomic E-state index is -0.698. The number of carbonyl (C=O) groups is 1. The van der Waals surface area contributed by atoms with Crippen LogP contribution >= 0.6 is 0 Å². The summed E-state index contributed by atoms with van der Waals surface area (Å²) in [5, 5.41) is 9.37. The van der Waals surface area contributed by atoms with Gasteiger partial charge in [-0.3, -0.25) is 14.7 Å². The molecule has 0 radical (unpaired) electrons. The highest BCUT2D eigenvalue weighted by Crippen LogP contribution is 2.36. The van der Waals surface area contributed by atoms with E-state index in [2.05, 4.69) is 28.1 Å². The third-order valence-electron chi connectivity index (χ3n) is 5.66. The molecule has 1 atom stereocenters. The summed E-state index contributed by atoms with van der Waals surface area (Å²) in [6, 6.07) is 24.1. The van der Waals surface area contributed by atoms with E-state index in [1.54, 1.807) is 6.20 Å². The topological polar surface area (TPSA) is 62.7 Å². The van der Waals surface area contributed by atoms with Crippen LogP contribution in [0.4, 0.5) is 0 Å². The molecule has 0 saturated carbocycles. The van der Waals surface area contributed by atoms with E-state index in [0.29, 0.717) is 32.5 Å². The van der Waals surface area contributed by atoms with Crippen LogP contribution in [0.15, 0.2) is 79.0 Å². The van der Waals surface area contributed by atoms with Crippen molar-refractivity contribution in [3.63, 3.8) is 0 Å². The number of hydrogen-bond donors (Lipinski definition) is 1. The van der Waals surface area contributed by atoms with E-state index in [4.69, 9.17) is 4.74 Å². The molecule has 4 rings (SSSR count). The van der Waals surface area contributed by atoms with Gasteiger partial charge >= 0.3 is 5.97 Å². The third-order valence-corrected chi connectivity index (χ3v) is 5.66. The van der Waals surface area contributed by atoms with Gasteiger partial charge in [-0.15, -0.1) is 0 Å². The average molecular weight is 402 g/mol. The van der Waals surface area contributed by atoms with Crippen molar-refractivity contribution in [2.24, 2.45) is 5.92 Å². The number of ether oxygens (including phenoxy) is 1. The van der Waals surface area contributed by atoms with Crippen LogP contribution in [-0.4, -0.2) is 34.0 Å². The number of rotatable bonds is 7. The molecular weight excluding hydrogens is 376 g/mol. The van der Waals surface area contributed by atoms with Gasteiger partial charge in [0.25, 0.3) is 0 Å². The maximum absolute atomic E-state index is 11.4. The number of benzene rings is 2. The van der Waals surface area contributed by atoms with Gasteiger partial charge in [0, 0.05) is 11.8 Å². The van der Waals surface area contributed by atoms with Crippen molar-refractivity contribution >= 4 is 5.97 Å². The van der Waals surface area contributed by atoms with Gasteiger partial charge < -0.3 is 9.84 Å². The lowest BCUT2D eigenvalue weighted by Gasteiger charge is -2.37. The average Bonchev–Trinajstić information content (AvgIpc) is 2.80. The zero-order valence-corrected chi connectivity index (χ0v) is 16.9. The molecule has 0 bridgehead atoms. The molecule has 30 heavy (non-hydrogen) atoms. The van der Waals surface area contributed by atoms with Crippen LogP contribution in [0.25, 0.3) is 0 Å². The summed E-state index contributed by atoms with van der Waals surface area (Å²) in [6.07, 6.45) is 3.09. The molecule has 0 spiro atoms. The molecule has 5 nitrogen and oxygen atoms in total. The number of nitrogens with zero attached hydrogens (tertiary/aromatic N) is 2. The molecule has 2 heterocycles. The first kappa shape index (κ1) is 20.1. The summed E-state index contributed by atoms with van der Waals surface area (Å²) in [7, 11) is 0. The van der Waals surface area contributed by atoms with Crippen molar-refractivity contribution in [2.45, 2.75) is 25.5 Å². The normalized spacial score (nSPS) is 16.1. The molecule has 1 aliphatic heterocycles. The lowest BCUT2D eigenvalue weighted by molar-refractivity contribution is -0.143. The van der Waals surface area contributed by atoms with E-state index in [9.17, 15) is 9.90 Å². The largest absolute Gasteiger partial charge is 0.489 e. The van der Waals surface area contributed by atoms with E-state index in [1.165, 1.54) is 0 Å². The van der Waals surface area contributed by atoms with E-state index in [0.717, 1.165) is 22.6 Å². The zero-order valence-electron chi connectivity index (χ0n) is 16.9. The van der Waals surface area contributed by atoms with Crippen LogP contribution in [0.1, 0.15) is 35.7 Å². The smallest absolute Gasteiger partial charge is 0.306 e. The number of pyridine rings is 1. The lowest BCUT2D eigenvalue weighted by Crippen LogP contribution is -2.39. The Hall–Kier alpha value is -3.18. The van der Waals surface area contributed by atoms with Crippen LogP contribution < -0.4 is 4.74 Å². The van der Waals surface area contributed by atoms with E-state index in [1.807, 2.05) is 54.6 Å². The minimum Gasteiger partial charge on any atom is -0.489 e. The molecule has 2 aromatic carbocycles. The molecule has 1 aliphatic rings. The Morgan fingerprint density at radius 2 is 1.70 bits per heavy atom. The van der Waals surface area contributed by atoms with Gasteiger partial charge in [-0.25, -0.2) is 0 Å². The van der Waals surface area contributed by atoms with Crippen molar-refractivity contribution in [2.75, 3.05) is 13.1 Å². The van der Waals surface area contributed by atoms with Crippen molar-refractivity contribution in [3.05, 3.63) is 95.8 Å². The third kappa shape index (κ3) is 4.69. The van der Waals surface area contributed by atoms with Crippen molar-refractivity contribution in [1.29, 1.82) is 0 Å². The van der Waals surface area contributed by atoms with Crippen LogP contribution in [0.2, 0.25) is 0 Å². The number of carboxylic acids is 1. The predicted molar refractivity (Wildman–Crippen MR) is 115 cm³/mol. The van der Waals surface area contributed by atoms with Crippen LogP contribution in [0, 0.1) is 5.92 Å². The molecule has 0 aliphatic carbocycles. The standard InChI is InChI=1S/C25H26N2O3/c28-25(29)20-13-16-27(17-14-20)24(22-11-6-7-15-26-22)21-10-4-5-12-23(21)30-18-19-8-2-1-3-9-19/h1-12,15,20,24H,13-14,16-18H2,(H,28,29).